The number of aliphatic hydroxyl groups is 1. The second-order valence-electron chi connectivity index (χ2n) is 6.35. The summed E-state index contributed by atoms with van der Waals surface area (Å²) in [7, 11) is 0. The smallest absolute Gasteiger partial charge is 0.0981 e. The van der Waals surface area contributed by atoms with Crippen LogP contribution in [0.5, 0.6) is 0 Å². The van der Waals surface area contributed by atoms with Crippen LogP contribution in [0.1, 0.15) is 57.3 Å². The molecular formula is C15H28N2OS. The van der Waals surface area contributed by atoms with Crippen molar-refractivity contribution in [3.8, 4) is 0 Å². The summed E-state index contributed by atoms with van der Waals surface area (Å²) in [6, 6.07) is 0. The van der Waals surface area contributed by atoms with Crippen LogP contribution in [-0.2, 0) is 12.0 Å². The van der Waals surface area contributed by atoms with E-state index in [-0.39, 0.29) is 17.4 Å². The minimum absolute atomic E-state index is 0.0253. The van der Waals surface area contributed by atoms with E-state index in [0.717, 1.165) is 25.9 Å². The van der Waals surface area contributed by atoms with Crippen LogP contribution in [0.2, 0.25) is 0 Å². The van der Waals surface area contributed by atoms with Crippen LogP contribution in [0.3, 0.4) is 0 Å². The van der Waals surface area contributed by atoms with Gasteiger partial charge in [0.1, 0.15) is 0 Å². The molecule has 0 amide bonds. The van der Waals surface area contributed by atoms with Crippen molar-refractivity contribution in [2.75, 3.05) is 13.2 Å². The van der Waals surface area contributed by atoms with Gasteiger partial charge in [0, 0.05) is 41.6 Å². The predicted molar refractivity (Wildman–Crippen MR) is 82.6 cm³/mol. The van der Waals surface area contributed by atoms with Gasteiger partial charge in [-0.2, -0.15) is 0 Å². The maximum Gasteiger partial charge on any atom is 0.0981 e. The summed E-state index contributed by atoms with van der Waals surface area (Å²) in [5, 5.41) is 14.2. The summed E-state index contributed by atoms with van der Waals surface area (Å²) in [6.07, 6.45) is 3.97. The first-order valence-corrected chi connectivity index (χ1v) is 7.95. The van der Waals surface area contributed by atoms with Gasteiger partial charge >= 0.3 is 0 Å². The second kappa shape index (κ2) is 6.82. The maximum atomic E-state index is 9.53. The largest absolute Gasteiger partial charge is 0.396 e. The Morgan fingerprint density at radius 1 is 1.26 bits per heavy atom. The molecule has 0 aliphatic heterocycles. The molecule has 2 N–H and O–H groups in total. The van der Waals surface area contributed by atoms with Gasteiger partial charge in [0.05, 0.1) is 5.01 Å². The van der Waals surface area contributed by atoms with Gasteiger partial charge in [-0.3, -0.25) is 0 Å². The quantitative estimate of drug-likeness (QED) is 0.807. The van der Waals surface area contributed by atoms with Crippen molar-refractivity contribution in [1.29, 1.82) is 0 Å². The molecule has 0 unspecified atom stereocenters. The van der Waals surface area contributed by atoms with Crippen LogP contribution in [0.4, 0.5) is 0 Å². The van der Waals surface area contributed by atoms with Crippen molar-refractivity contribution in [1.82, 2.24) is 10.3 Å². The number of hydrogen-bond donors (Lipinski definition) is 2. The fraction of sp³-hybridized carbons (Fsp3) is 0.800. The lowest BCUT2D eigenvalue weighted by Crippen LogP contribution is -2.36. The van der Waals surface area contributed by atoms with Gasteiger partial charge in [-0.1, -0.05) is 34.6 Å². The number of hydrogen-bond acceptors (Lipinski definition) is 4. The molecule has 19 heavy (non-hydrogen) atoms. The Bertz CT molecular complexity index is 369. The highest BCUT2D eigenvalue weighted by Gasteiger charge is 2.24. The second-order valence-corrected chi connectivity index (χ2v) is 7.47. The molecule has 0 saturated heterocycles. The lowest BCUT2D eigenvalue weighted by atomic mass is 9.83. The Morgan fingerprint density at radius 2 is 1.89 bits per heavy atom. The summed E-state index contributed by atoms with van der Waals surface area (Å²) in [5.74, 6) is 0. The zero-order valence-electron chi connectivity index (χ0n) is 12.9. The average molecular weight is 284 g/mol. The Labute approximate surface area is 121 Å². The standard InChI is InChI=1S/C15H28N2OS/c1-6-15(7-2,11-18)10-16-8-12-9-17-13(19-12)14(3,4)5/h9,16,18H,6-8,10-11H2,1-5H3. The Hall–Kier alpha value is -0.450. The molecule has 0 bridgehead atoms. The summed E-state index contributed by atoms with van der Waals surface area (Å²) < 4.78 is 0. The molecule has 0 aliphatic rings. The predicted octanol–water partition coefficient (Wildman–Crippen LogP) is 3.33. The fourth-order valence-electron chi connectivity index (χ4n) is 1.97. The molecule has 1 aromatic heterocycles. The first-order chi connectivity index (χ1) is 8.87. The molecule has 0 saturated carbocycles. The van der Waals surface area contributed by atoms with Crippen molar-refractivity contribution >= 4 is 11.3 Å². The van der Waals surface area contributed by atoms with Crippen LogP contribution in [-0.4, -0.2) is 23.2 Å². The van der Waals surface area contributed by atoms with Crippen LogP contribution < -0.4 is 5.32 Å². The molecule has 0 aromatic carbocycles. The average Bonchev–Trinajstić information content (AvgIpc) is 2.84. The summed E-state index contributed by atoms with van der Waals surface area (Å²) >= 11 is 1.78. The topological polar surface area (TPSA) is 45.1 Å². The first kappa shape index (κ1) is 16.6. The van der Waals surface area contributed by atoms with Gasteiger partial charge in [0.2, 0.25) is 0 Å². The minimum atomic E-state index is 0.0253. The Balaban J connectivity index is 2.51. The van der Waals surface area contributed by atoms with Gasteiger partial charge in [-0.15, -0.1) is 11.3 Å². The van der Waals surface area contributed by atoms with Crippen molar-refractivity contribution in [2.45, 2.75) is 59.4 Å². The Morgan fingerprint density at radius 3 is 2.32 bits per heavy atom. The highest BCUT2D eigenvalue weighted by Crippen LogP contribution is 2.27. The van der Waals surface area contributed by atoms with Gasteiger partial charge in [-0.05, 0) is 12.8 Å². The van der Waals surface area contributed by atoms with Gasteiger partial charge in [0.15, 0.2) is 0 Å². The molecule has 0 atom stereocenters. The third-order valence-electron chi connectivity index (χ3n) is 3.83. The first-order valence-electron chi connectivity index (χ1n) is 7.13. The molecule has 0 radical (unpaired) electrons. The number of aliphatic hydroxyl groups excluding tert-OH is 1. The number of rotatable bonds is 7. The summed E-state index contributed by atoms with van der Waals surface area (Å²) in [4.78, 5) is 5.76. The van der Waals surface area contributed by atoms with E-state index in [4.69, 9.17) is 0 Å². The van der Waals surface area contributed by atoms with E-state index < -0.39 is 0 Å². The van der Waals surface area contributed by atoms with Gasteiger partial charge in [0.25, 0.3) is 0 Å². The molecular weight excluding hydrogens is 256 g/mol. The van der Waals surface area contributed by atoms with E-state index in [2.05, 4.69) is 44.9 Å². The van der Waals surface area contributed by atoms with E-state index in [9.17, 15) is 5.11 Å². The molecule has 4 heteroatoms. The summed E-state index contributed by atoms with van der Waals surface area (Å²) in [5.41, 5.74) is 0.155. The lowest BCUT2D eigenvalue weighted by Gasteiger charge is -2.29. The van der Waals surface area contributed by atoms with Crippen LogP contribution in [0.15, 0.2) is 6.20 Å². The Kier molecular flexibility index (Phi) is 5.96. The minimum Gasteiger partial charge on any atom is -0.396 e. The molecule has 1 aromatic rings. The number of nitrogens with one attached hydrogen (secondary N) is 1. The molecule has 0 spiro atoms. The van der Waals surface area contributed by atoms with Crippen molar-refractivity contribution in [3.05, 3.63) is 16.1 Å². The monoisotopic (exact) mass is 284 g/mol. The third kappa shape index (κ3) is 4.55. The number of thiazole rings is 1. The molecule has 1 rings (SSSR count). The zero-order valence-corrected chi connectivity index (χ0v) is 13.7. The lowest BCUT2D eigenvalue weighted by molar-refractivity contribution is 0.113. The van der Waals surface area contributed by atoms with E-state index in [1.54, 1.807) is 11.3 Å². The maximum absolute atomic E-state index is 9.53. The zero-order chi connectivity index (χ0) is 14.5. The molecule has 1 heterocycles. The van der Waals surface area contributed by atoms with E-state index >= 15 is 0 Å². The normalized spacial score (nSPS) is 12.9. The number of nitrogens with zero attached hydrogens (tertiary/aromatic N) is 1. The highest BCUT2D eigenvalue weighted by atomic mass is 32.1. The van der Waals surface area contributed by atoms with Crippen molar-refractivity contribution in [3.63, 3.8) is 0 Å². The fourth-order valence-corrected chi connectivity index (χ4v) is 2.91. The van der Waals surface area contributed by atoms with Crippen LogP contribution in [0.25, 0.3) is 0 Å². The third-order valence-corrected chi connectivity index (χ3v) is 5.25. The SMILES string of the molecule is CCC(CC)(CO)CNCc1cnc(C(C)(C)C)s1. The van der Waals surface area contributed by atoms with Crippen molar-refractivity contribution < 1.29 is 5.11 Å². The molecule has 0 fully saturated rings. The van der Waals surface area contributed by atoms with E-state index in [1.807, 2.05) is 6.20 Å². The highest BCUT2D eigenvalue weighted by molar-refractivity contribution is 7.11. The van der Waals surface area contributed by atoms with Crippen molar-refractivity contribution in [2.24, 2.45) is 5.41 Å². The van der Waals surface area contributed by atoms with Crippen LogP contribution in [0, 0.1) is 5.41 Å². The van der Waals surface area contributed by atoms with E-state index in [1.165, 1.54) is 9.88 Å². The summed E-state index contributed by atoms with van der Waals surface area (Å²) in [6.45, 7) is 12.8. The van der Waals surface area contributed by atoms with Gasteiger partial charge in [-0.25, -0.2) is 4.98 Å². The molecule has 3 nitrogen and oxygen atoms in total. The van der Waals surface area contributed by atoms with Crippen LogP contribution >= 0.6 is 11.3 Å². The molecule has 0 aliphatic carbocycles. The van der Waals surface area contributed by atoms with E-state index in [0.29, 0.717) is 0 Å². The number of aromatic nitrogens is 1. The van der Waals surface area contributed by atoms with Gasteiger partial charge < -0.3 is 10.4 Å². The molecule has 110 valence electrons.